The van der Waals surface area contributed by atoms with Crippen LogP contribution in [0.4, 0.5) is 0 Å². The molecule has 4 heteroatoms. The quantitative estimate of drug-likeness (QED) is 0.435. The van der Waals surface area contributed by atoms with Gasteiger partial charge in [-0.3, -0.25) is 0 Å². The van der Waals surface area contributed by atoms with Gasteiger partial charge in [0.2, 0.25) is 0 Å². The van der Waals surface area contributed by atoms with E-state index in [-0.39, 0.29) is 38.3 Å². The van der Waals surface area contributed by atoms with Crippen molar-refractivity contribution in [1.82, 2.24) is 0 Å². The first-order valence-corrected chi connectivity index (χ1v) is 1.89. The van der Waals surface area contributed by atoms with Gasteiger partial charge in [-0.2, -0.15) is 0 Å². The van der Waals surface area contributed by atoms with E-state index in [1.165, 1.54) is 0 Å². The van der Waals surface area contributed by atoms with E-state index >= 15 is 0 Å². The molecule has 0 spiro atoms. The average Bonchev–Trinajstić information content (AvgIpc) is 1.61. The van der Waals surface area contributed by atoms with Crippen LogP contribution in [0.5, 0.6) is 0 Å². The SMILES string of the molecule is COCCOC.Cl.[H-].[H-].[Mg+2]. The van der Waals surface area contributed by atoms with Crippen LogP contribution in [-0.2, 0) is 9.47 Å². The third-order valence-corrected chi connectivity index (χ3v) is 0.492. The zero-order chi connectivity index (χ0) is 4.83. The Morgan fingerprint density at radius 1 is 1.12 bits per heavy atom. The van der Waals surface area contributed by atoms with Gasteiger partial charge >= 0.3 is 23.1 Å². The topological polar surface area (TPSA) is 18.5 Å². The van der Waals surface area contributed by atoms with E-state index in [9.17, 15) is 0 Å². The van der Waals surface area contributed by atoms with E-state index in [0.29, 0.717) is 13.2 Å². The average molecular weight is 153 g/mol. The van der Waals surface area contributed by atoms with Crippen LogP contribution in [-0.4, -0.2) is 50.5 Å². The van der Waals surface area contributed by atoms with Crippen molar-refractivity contribution in [3.05, 3.63) is 0 Å². The molecule has 0 atom stereocenters. The smallest absolute Gasteiger partial charge is 1.00 e. The second kappa shape index (κ2) is 15.7. The molecule has 0 aliphatic rings. The van der Waals surface area contributed by atoms with Crippen LogP contribution in [0.2, 0.25) is 0 Å². The van der Waals surface area contributed by atoms with E-state index in [2.05, 4.69) is 9.47 Å². The van der Waals surface area contributed by atoms with Crippen LogP contribution in [0.3, 0.4) is 0 Å². The summed E-state index contributed by atoms with van der Waals surface area (Å²) in [6, 6.07) is 0. The summed E-state index contributed by atoms with van der Waals surface area (Å²) in [4.78, 5) is 0. The van der Waals surface area contributed by atoms with Crippen molar-refractivity contribution in [2.24, 2.45) is 0 Å². The molecule has 0 saturated carbocycles. The van der Waals surface area contributed by atoms with E-state index in [0.717, 1.165) is 0 Å². The van der Waals surface area contributed by atoms with E-state index in [4.69, 9.17) is 0 Å². The minimum Gasteiger partial charge on any atom is -1.00 e. The Bertz CT molecular complexity index is 33.2. The summed E-state index contributed by atoms with van der Waals surface area (Å²) in [5.74, 6) is 0. The van der Waals surface area contributed by atoms with Gasteiger partial charge in [0.25, 0.3) is 0 Å². The van der Waals surface area contributed by atoms with Crippen molar-refractivity contribution in [3.63, 3.8) is 0 Å². The third kappa shape index (κ3) is 15.8. The van der Waals surface area contributed by atoms with Crippen LogP contribution in [0.15, 0.2) is 0 Å². The van der Waals surface area contributed by atoms with Crippen molar-refractivity contribution in [3.8, 4) is 0 Å². The van der Waals surface area contributed by atoms with Crippen LogP contribution in [0.25, 0.3) is 0 Å². The largest absolute Gasteiger partial charge is 2.00 e. The maximum atomic E-state index is 4.66. The fourth-order valence-corrected chi connectivity index (χ4v) is 0.167. The predicted octanol–water partition coefficient (Wildman–Crippen LogP) is 0.545. The Kier molecular flexibility index (Phi) is 31.3. The monoisotopic (exact) mass is 152 g/mol. The minimum absolute atomic E-state index is 0. The first-order chi connectivity index (χ1) is 2.91. The summed E-state index contributed by atoms with van der Waals surface area (Å²) in [5, 5.41) is 0. The number of hydrogen-bond donors (Lipinski definition) is 0. The Labute approximate surface area is 75.5 Å². The molecule has 0 aliphatic carbocycles. The predicted molar refractivity (Wildman–Crippen MR) is 39.0 cm³/mol. The Hall–Kier alpha value is 0.976. The molecule has 0 saturated heterocycles. The van der Waals surface area contributed by atoms with Crippen LogP contribution in [0.1, 0.15) is 2.85 Å². The van der Waals surface area contributed by atoms with Crippen molar-refractivity contribution in [2.75, 3.05) is 27.4 Å². The van der Waals surface area contributed by atoms with Crippen LogP contribution >= 0.6 is 12.4 Å². The zero-order valence-corrected chi connectivity index (χ0v) is 7.58. The summed E-state index contributed by atoms with van der Waals surface area (Å²) in [7, 11) is 3.30. The van der Waals surface area contributed by atoms with Gasteiger partial charge in [0.05, 0.1) is 13.2 Å². The van der Waals surface area contributed by atoms with Gasteiger partial charge in [-0.25, -0.2) is 0 Å². The van der Waals surface area contributed by atoms with Crippen LogP contribution in [0, 0.1) is 0 Å². The summed E-state index contributed by atoms with van der Waals surface area (Å²) >= 11 is 0. The molecule has 0 fully saturated rings. The maximum absolute atomic E-state index is 4.66. The molecule has 50 valence electrons. The second-order valence-corrected chi connectivity index (χ2v) is 0.986. The fraction of sp³-hybridized carbons (Fsp3) is 1.00. The molecule has 0 aromatic carbocycles. The molecule has 0 N–H and O–H groups in total. The maximum Gasteiger partial charge on any atom is 2.00 e. The summed E-state index contributed by atoms with van der Waals surface area (Å²) in [6.45, 7) is 1.38. The van der Waals surface area contributed by atoms with E-state index in [1.807, 2.05) is 0 Å². The molecule has 0 heterocycles. The summed E-state index contributed by atoms with van der Waals surface area (Å²) in [5.41, 5.74) is 0. The molecule has 2 nitrogen and oxygen atoms in total. The minimum atomic E-state index is 0. The first-order valence-electron chi connectivity index (χ1n) is 1.89. The van der Waals surface area contributed by atoms with Crippen molar-refractivity contribution < 1.29 is 12.3 Å². The molecular formula is C4H13ClMgO2. The van der Waals surface area contributed by atoms with Crippen LogP contribution < -0.4 is 0 Å². The van der Waals surface area contributed by atoms with E-state index in [1.54, 1.807) is 14.2 Å². The van der Waals surface area contributed by atoms with Crippen molar-refractivity contribution in [2.45, 2.75) is 0 Å². The molecule has 0 unspecified atom stereocenters. The van der Waals surface area contributed by atoms with E-state index < -0.39 is 0 Å². The molecular weight excluding hydrogens is 140 g/mol. The number of hydrogen-bond acceptors (Lipinski definition) is 2. The normalized spacial score (nSPS) is 6.75. The summed E-state index contributed by atoms with van der Waals surface area (Å²) < 4.78 is 9.31. The molecule has 0 aliphatic heterocycles. The molecule has 0 radical (unpaired) electrons. The molecule has 0 bridgehead atoms. The van der Waals surface area contributed by atoms with Gasteiger partial charge < -0.3 is 12.3 Å². The van der Waals surface area contributed by atoms with Gasteiger partial charge in [-0.05, 0) is 0 Å². The van der Waals surface area contributed by atoms with Crippen molar-refractivity contribution in [1.29, 1.82) is 0 Å². The number of halogens is 1. The number of ether oxygens (including phenoxy) is 2. The standard InChI is InChI=1S/C4H10O2.ClH.Mg.2H/c1-5-3-4-6-2;;;;/h3-4H2,1-2H3;1H;;;/q;;+2;2*-1. The Morgan fingerprint density at radius 2 is 1.38 bits per heavy atom. The van der Waals surface area contributed by atoms with Gasteiger partial charge in [0.1, 0.15) is 0 Å². The number of rotatable bonds is 3. The summed E-state index contributed by atoms with van der Waals surface area (Å²) in [6.07, 6.45) is 0. The molecule has 8 heavy (non-hydrogen) atoms. The molecule has 0 amide bonds. The number of methoxy groups -OCH3 is 2. The Morgan fingerprint density at radius 3 is 1.50 bits per heavy atom. The molecule has 0 aromatic rings. The van der Waals surface area contributed by atoms with Gasteiger partial charge in [0, 0.05) is 14.2 Å². The zero-order valence-electron chi connectivity index (χ0n) is 7.35. The second-order valence-electron chi connectivity index (χ2n) is 0.986. The van der Waals surface area contributed by atoms with Gasteiger partial charge in [-0.15, -0.1) is 12.4 Å². The Balaban J connectivity index is -0.0000000208. The van der Waals surface area contributed by atoms with Gasteiger partial charge in [0.15, 0.2) is 0 Å². The first kappa shape index (κ1) is 16.0. The van der Waals surface area contributed by atoms with Crippen molar-refractivity contribution >= 4 is 35.5 Å². The fourth-order valence-electron chi connectivity index (χ4n) is 0.167. The van der Waals surface area contributed by atoms with Gasteiger partial charge in [-0.1, -0.05) is 0 Å². The molecule has 0 rings (SSSR count). The third-order valence-electron chi connectivity index (χ3n) is 0.492. The molecule has 0 aromatic heterocycles.